The van der Waals surface area contributed by atoms with Crippen LogP contribution < -0.4 is 0 Å². The van der Waals surface area contributed by atoms with E-state index >= 15 is 0 Å². The molecule has 21 heavy (non-hydrogen) atoms. The summed E-state index contributed by atoms with van der Waals surface area (Å²) in [5.74, 6) is -0.0181. The van der Waals surface area contributed by atoms with Crippen LogP contribution in [0.5, 0.6) is 0 Å². The molecule has 112 valence electrons. The van der Waals surface area contributed by atoms with Crippen molar-refractivity contribution in [3.8, 4) is 0 Å². The highest BCUT2D eigenvalue weighted by molar-refractivity contribution is 5.88. The van der Waals surface area contributed by atoms with E-state index in [0.717, 1.165) is 37.8 Å². The van der Waals surface area contributed by atoms with Crippen LogP contribution in [0.15, 0.2) is 18.2 Å². The van der Waals surface area contributed by atoms with Gasteiger partial charge in [0.15, 0.2) is 0 Å². The molecule has 1 aromatic carbocycles. The standard InChI is InChI=1S/C17H21NO3/c1-11-3-2-4-15(11)16(19)18-8-7-12-5-6-13(17(20)21)9-14(12)10-18/h5-6,9,11,15H,2-4,7-8,10H2,1H3,(H,20,21). The first kappa shape index (κ1) is 14.1. The van der Waals surface area contributed by atoms with E-state index in [1.54, 1.807) is 12.1 Å². The van der Waals surface area contributed by atoms with Crippen molar-refractivity contribution < 1.29 is 14.7 Å². The maximum Gasteiger partial charge on any atom is 0.335 e. The molecule has 3 rings (SSSR count). The zero-order valence-corrected chi connectivity index (χ0v) is 12.3. The second-order valence-electron chi connectivity index (χ2n) is 6.31. The number of aromatic carboxylic acids is 1. The lowest BCUT2D eigenvalue weighted by Gasteiger charge is -2.32. The highest BCUT2D eigenvalue weighted by Gasteiger charge is 2.34. The number of hydrogen-bond donors (Lipinski definition) is 1. The minimum Gasteiger partial charge on any atom is -0.478 e. The predicted octanol–water partition coefficient (Wildman–Crippen LogP) is 2.71. The Balaban J connectivity index is 1.78. The molecule has 0 spiro atoms. The van der Waals surface area contributed by atoms with E-state index in [4.69, 9.17) is 5.11 Å². The summed E-state index contributed by atoms with van der Waals surface area (Å²) in [7, 11) is 0. The maximum atomic E-state index is 12.6. The number of hydrogen-bond acceptors (Lipinski definition) is 2. The molecule has 1 aliphatic carbocycles. The van der Waals surface area contributed by atoms with Crippen LogP contribution in [0.1, 0.15) is 47.7 Å². The zero-order chi connectivity index (χ0) is 15.0. The summed E-state index contributed by atoms with van der Waals surface area (Å²) < 4.78 is 0. The molecule has 1 fully saturated rings. The first-order chi connectivity index (χ1) is 10.1. The van der Waals surface area contributed by atoms with E-state index < -0.39 is 5.97 Å². The van der Waals surface area contributed by atoms with Crippen LogP contribution in [-0.4, -0.2) is 28.4 Å². The van der Waals surface area contributed by atoms with Gasteiger partial charge in [0.05, 0.1) is 5.56 Å². The average molecular weight is 287 g/mol. The van der Waals surface area contributed by atoms with Gasteiger partial charge in [-0.15, -0.1) is 0 Å². The lowest BCUT2D eigenvalue weighted by molar-refractivity contribution is -0.137. The topological polar surface area (TPSA) is 57.6 Å². The number of carboxylic acids is 1. The summed E-state index contributed by atoms with van der Waals surface area (Å²) in [5.41, 5.74) is 2.46. The second kappa shape index (κ2) is 5.51. The SMILES string of the molecule is CC1CCCC1C(=O)N1CCc2ccc(C(=O)O)cc2C1. The van der Waals surface area contributed by atoms with Crippen LogP contribution in [0.25, 0.3) is 0 Å². The molecule has 1 N–H and O–H groups in total. The van der Waals surface area contributed by atoms with Gasteiger partial charge < -0.3 is 10.0 Å². The number of rotatable bonds is 2. The van der Waals surface area contributed by atoms with Gasteiger partial charge in [-0.3, -0.25) is 4.79 Å². The van der Waals surface area contributed by atoms with E-state index in [2.05, 4.69) is 6.92 Å². The summed E-state index contributed by atoms with van der Waals surface area (Å²) in [6.45, 7) is 3.47. The molecule has 4 nitrogen and oxygen atoms in total. The molecule has 1 heterocycles. The van der Waals surface area contributed by atoms with Gasteiger partial charge >= 0.3 is 5.97 Å². The Labute approximate surface area is 124 Å². The first-order valence-electron chi connectivity index (χ1n) is 7.70. The number of fused-ring (bicyclic) bond motifs is 1. The van der Waals surface area contributed by atoms with Crippen LogP contribution >= 0.6 is 0 Å². The third kappa shape index (κ3) is 2.67. The van der Waals surface area contributed by atoms with Crippen LogP contribution in [-0.2, 0) is 17.8 Å². The Hall–Kier alpha value is -1.84. The van der Waals surface area contributed by atoms with Gasteiger partial charge in [-0.05, 0) is 48.4 Å². The minimum absolute atomic E-state index is 0.161. The third-order valence-corrected chi connectivity index (χ3v) is 4.96. The highest BCUT2D eigenvalue weighted by Crippen LogP contribution is 2.33. The normalized spacial score (nSPS) is 24.7. The molecule has 1 saturated carbocycles. The van der Waals surface area contributed by atoms with Gasteiger partial charge in [0.25, 0.3) is 0 Å². The van der Waals surface area contributed by atoms with Gasteiger partial charge in [-0.1, -0.05) is 19.4 Å². The monoisotopic (exact) mass is 287 g/mol. The number of carbonyl (C=O) groups is 2. The van der Waals surface area contributed by atoms with Gasteiger partial charge in [0.2, 0.25) is 5.91 Å². The minimum atomic E-state index is -0.911. The van der Waals surface area contributed by atoms with E-state index in [1.807, 2.05) is 11.0 Å². The number of carbonyl (C=O) groups excluding carboxylic acids is 1. The van der Waals surface area contributed by atoms with E-state index in [-0.39, 0.29) is 11.8 Å². The molecule has 0 bridgehead atoms. The van der Waals surface area contributed by atoms with E-state index in [9.17, 15) is 9.59 Å². The number of nitrogens with zero attached hydrogens (tertiary/aromatic N) is 1. The molecule has 2 atom stereocenters. The van der Waals surface area contributed by atoms with E-state index in [1.165, 1.54) is 5.56 Å². The molecule has 0 aromatic heterocycles. The lowest BCUT2D eigenvalue weighted by atomic mass is 9.93. The molecule has 4 heteroatoms. The molecule has 0 saturated heterocycles. The summed E-state index contributed by atoms with van der Waals surface area (Å²) in [5, 5.41) is 9.09. The first-order valence-corrected chi connectivity index (χ1v) is 7.70. The van der Waals surface area contributed by atoms with Gasteiger partial charge in [0, 0.05) is 19.0 Å². The van der Waals surface area contributed by atoms with E-state index in [0.29, 0.717) is 18.0 Å². The quantitative estimate of drug-likeness (QED) is 0.910. The molecular weight excluding hydrogens is 266 g/mol. The average Bonchev–Trinajstić information content (AvgIpc) is 2.91. The number of amides is 1. The van der Waals surface area contributed by atoms with Crippen molar-refractivity contribution in [2.45, 2.75) is 39.2 Å². The van der Waals surface area contributed by atoms with Crippen molar-refractivity contribution in [1.82, 2.24) is 4.90 Å². The summed E-state index contributed by atoms with van der Waals surface area (Å²) in [6.07, 6.45) is 4.11. The second-order valence-corrected chi connectivity index (χ2v) is 6.31. The van der Waals surface area contributed by atoms with Crippen molar-refractivity contribution in [3.05, 3.63) is 34.9 Å². The van der Waals surface area contributed by atoms with Crippen molar-refractivity contribution in [2.24, 2.45) is 11.8 Å². The predicted molar refractivity (Wildman–Crippen MR) is 79.0 cm³/mol. The van der Waals surface area contributed by atoms with Crippen LogP contribution in [0.3, 0.4) is 0 Å². The summed E-state index contributed by atoms with van der Waals surface area (Å²) >= 11 is 0. The maximum absolute atomic E-state index is 12.6. The van der Waals surface area contributed by atoms with Crippen LogP contribution in [0.2, 0.25) is 0 Å². The Morgan fingerprint density at radius 1 is 1.24 bits per heavy atom. The summed E-state index contributed by atoms with van der Waals surface area (Å²) in [4.78, 5) is 25.6. The number of benzene rings is 1. The van der Waals surface area contributed by atoms with Gasteiger partial charge in [-0.2, -0.15) is 0 Å². The molecular formula is C17H21NO3. The Morgan fingerprint density at radius 2 is 2.05 bits per heavy atom. The lowest BCUT2D eigenvalue weighted by Crippen LogP contribution is -2.40. The van der Waals surface area contributed by atoms with Crippen molar-refractivity contribution in [1.29, 1.82) is 0 Å². The highest BCUT2D eigenvalue weighted by atomic mass is 16.4. The van der Waals surface area contributed by atoms with Crippen LogP contribution in [0, 0.1) is 11.8 Å². The van der Waals surface area contributed by atoms with Crippen molar-refractivity contribution in [2.75, 3.05) is 6.54 Å². The molecule has 1 aliphatic heterocycles. The Bertz CT molecular complexity index is 581. The largest absolute Gasteiger partial charge is 0.478 e. The Morgan fingerprint density at radius 3 is 2.71 bits per heavy atom. The van der Waals surface area contributed by atoms with Crippen LogP contribution in [0.4, 0.5) is 0 Å². The fourth-order valence-electron chi connectivity index (χ4n) is 3.63. The van der Waals surface area contributed by atoms with Crippen molar-refractivity contribution in [3.63, 3.8) is 0 Å². The molecule has 1 aromatic rings. The molecule has 2 unspecified atom stereocenters. The van der Waals surface area contributed by atoms with Gasteiger partial charge in [0.1, 0.15) is 0 Å². The smallest absolute Gasteiger partial charge is 0.335 e. The molecule has 0 radical (unpaired) electrons. The zero-order valence-electron chi connectivity index (χ0n) is 12.3. The number of carboxylic acid groups (broad SMARTS) is 1. The summed E-state index contributed by atoms with van der Waals surface area (Å²) in [6, 6.07) is 5.26. The molecule has 1 amide bonds. The van der Waals surface area contributed by atoms with Gasteiger partial charge in [-0.25, -0.2) is 4.79 Å². The van der Waals surface area contributed by atoms with Crippen molar-refractivity contribution >= 4 is 11.9 Å². The Kier molecular flexibility index (Phi) is 3.70. The third-order valence-electron chi connectivity index (χ3n) is 4.96. The fourth-order valence-corrected chi connectivity index (χ4v) is 3.63. The molecule has 2 aliphatic rings. The fraction of sp³-hybridized carbons (Fsp3) is 0.529.